The first-order valence-corrected chi connectivity index (χ1v) is 15.7. The predicted molar refractivity (Wildman–Crippen MR) is 151 cm³/mol. The van der Waals surface area contributed by atoms with E-state index in [1.807, 2.05) is 51.1 Å². The Labute approximate surface area is 242 Å². The molecule has 3 aliphatic heterocycles. The minimum atomic E-state index is -3.96. The summed E-state index contributed by atoms with van der Waals surface area (Å²) in [5, 5.41) is 14.3. The fraction of sp³-hybridized carbons (Fsp3) is 0.567. The van der Waals surface area contributed by atoms with E-state index < -0.39 is 34.4 Å². The molecule has 3 heterocycles. The first-order chi connectivity index (χ1) is 19.6. The number of rotatable bonds is 11. The van der Waals surface area contributed by atoms with Crippen LogP contribution in [0.3, 0.4) is 0 Å². The van der Waals surface area contributed by atoms with Gasteiger partial charge in [-0.05, 0) is 42.5 Å². The molecule has 224 valence electrons. The molecular formula is C30H40N2O8S. The van der Waals surface area contributed by atoms with Crippen LogP contribution in [0.5, 0.6) is 5.75 Å². The molecule has 2 saturated heterocycles. The third kappa shape index (κ3) is 6.86. The minimum absolute atomic E-state index is 0.00287. The van der Waals surface area contributed by atoms with Crippen LogP contribution < -0.4 is 10.1 Å². The maximum Gasteiger partial charge on any atom is 0.407 e. The van der Waals surface area contributed by atoms with E-state index in [1.54, 1.807) is 18.2 Å². The van der Waals surface area contributed by atoms with Gasteiger partial charge in [0.15, 0.2) is 6.29 Å². The van der Waals surface area contributed by atoms with Gasteiger partial charge in [-0.1, -0.05) is 51.1 Å². The zero-order valence-corrected chi connectivity index (χ0v) is 24.6. The van der Waals surface area contributed by atoms with Crippen LogP contribution in [-0.4, -0.2) is 81.4 Å². The lowest BCUT2D eigenvalue weighted by molar-refractivity contribution is -0.0907. The number of sulfonamides is 1. The van der Waals surface area contributed by atoms with Gasteiger partial charge in [-0.25, -0.2) is 13.2 Å². The lowest BCUT2D eigenvalue weighted by Gasteiger charge is -2.31. The van der Waals surface area contributed by atoms with Crippen molar-refractivity contribution in [2.75, 3.05) is 32.9 Å². The Kier molecular flexibility index (Phi) is 9.20. The molecule has 0 aliphatic carbocycles. The number of hydrogen-bond donors (Lipinski definition) is 2. The highest BCUT2D eigenvalue weighted by molar-refractivity contribution is 7.89. The Bertz CT molecular complexity index is 1300. The molecule has 2 unspecified atom stereocenters. The molecule has 11 heteroatoms. The van der Waals surface area contributed by atoms with Crippen LogP contribution in [0.4, 0.5) is 4.79 Å². The van der Waals surface area contributed by atoms with Gasteiger partial charge in [-0.3, -0.25) is 0 Å². The van der Waals surface area contributed by atoms with E-state index >= 15 is 0 Å². The van der Waals surface area contributed by atoms with Crippen LogP contribution in [-0.2, 0) is 30.7 Å². The lowest BCUT2D eigenvalue weighted by Crippen LogP contribution is -2.51. The average Bonchev–Trinajstić information content (AvgIpc) is 3.66. The summed E-state index contributed by atoms with van der Waals surface area (Å²) >= 11 is 0. The summed E-state index contributed by atoms with van der Waals surface area (Å²) in [6.07, 6.45) is -1.67. The van der Waals surface area contributed by atoms with Gasteiger partial charge in [0.05, 0.1) is 42.8 Å². The number of nitrogens with zero attached hydrogens (tertiary/aromatic N) is 1. The molecule has 1 amide bonds. The molecule has 0 spiro atoms. The number of amides is 1. The highest BCUT2D eigenvalue weighted by Crippen LogP contribution is 2.36. The van der Waals surface area contributed by atoms with Gasteiger partial charge in [0.2, 0.25) is 10.0 Å². The van der Waals surface area contributed by atoms with Crippen molar-refractivity contribution in [2.24, 2.45) is 11.8 Å². The fourth-order valence-electron chi connectivity index (χ4n) is 5.69. The molecule has 5 rings (SSSR count). The maximum absolute atomic E-state index is 13.9. The number of benzene rings is 2. The highest BCUT2D eigenvalue weighted by atomic mass is 32.2. The average molecular weight is 589 g/mol. The van der Waals surface area contributed by atoms with Crippen molar-refractivity contribution in [3.63, 3.8) is 0 Å². The van der Waals surface area contributed by atoms with Gasteiger partial charge < -0.3 is 29.4 Å². The largest absolute Gasteiger partial charge is 0.493 e. The number of hydrogen-bond acceptors (Lipinski definition) is 8. The van der Waals surface area contributed by atoms with Gasteiger partial charge in [-0.15, -0.1) is 0 Å². The first kappa shape index (κ1) is 29.8. The maximum atomic E-state index is 13.9. The summed E-state index contributed by atoms with van der Waals surface area (Å²) in [5.74, 6) is 0.764. The van der Waals surface area contributed by atoms with Gasteiger partial charge in [0.25, 0.3) is 0 Å². The minimum Gasteiger partial charge on any atom is -0.493 e. The lowest BCUT2D eigenvalue weighted by atomic mass is 10.0. The number of carbonyl (C=O) groups is 1. The summed E-state index contributed by atoms with van der Waals surface area (Å²) < 4.78 is 51.5. The van der Waals surface area contributed by atoms with Crippen LogP contribution in [0.1, 0.15) is 44.2 Å². The molecule has 0 radical (unpaired) electrons. The van der Waals surface area contributed by atoms with E-state index in [1.165, 1.54) is 4.31 Å². The number of carbonyl (C=O) groups excluding carboxylic acids is 1. The number of aliphatic hydroxyl groups is 1. The van der Waals surface area contributed by atoms with Gasteiger partial charge in [0, 0.05) is 24.6 Å². The van der Waals surface area contributed by atoms with Crippen molar-refractivity contribution in [3.8, 4) is 5.75 Å². The van der Waals surface area contributed by atoms with E-state index in [0.29, 0.717) is 19.0 Å². The van der Waals surface area contributed by atoms with Crippen molar-refractivity contribution in [3.05, 3.63) is 59.7 Å². The molecule has 0 aromatic heterocycles. The molecule has 6 atom stereocenters. The van der Waals surface area contributed by atoms with Gasteiger partial charge in [0.1, 0.15) is 11.9 Å². The van der Waals surface area contributed by atoms with E-state index in [9.17, 15) is 18.3 Å². The third-order valence-electron chi connectivity index (χ3n) is 7.91. The number of aliphatic hydroxyl groups excluding tert-OH is 1. The normalized spacial score (nSPS) is 25.0. The number of ether oxygens (including phenoxy) is 4. The van der Waals surface area contributed by atoms with Crippen molar-refractivity contribution in [1.82, 2.24) is 9.62 Å². The zero-order chi connectivity index (χ0) is 29.1. The molecule has 41 heavy (non-hydrogen) atoms. The molecule has 2 N–H and O–H groups in total. The Morgan fingerprint density at radius 3 is 2.66 bits per heavy atom. The zero-order valence-electron chi connectivity index (χ0n) is 23.8. The topological polar surface area (TPSA) is 124 Å². The standard InChI is InChI=1S/C30H40N2O8S/c1-19(2)15-32(41(35,36)22-9-10-27-24(14-22)20(3)17-38-27)16-26(33)25(13-21-7-5-4-6-8-21)31-30(34)40-28-18-39-29-23(28)11-12-37-29/h4-10,14,19-20,23,25-26,28-29,33H,11-13,15-18H2,1-3H3,(H,31,34)/t20?,23-,25-,26+,28?,29+/m0/s1. The summed E-state index contributed by atoms with van der Waals surface area (Å²) in [6, 6.07) is 13.5. The highest BCUT2D eigenvalue weighted by Gasteiger charge is 2.44. The van der Waals surface area contributed by atoms with Crippen molar-refractivity contribution in [1.29, 1.82) is 0 Å². The van der Waals surface area contributed by atoms with Crippen LogP contribution in [0.25, 0.3) is 0 Å². The summed E-state index contributed by atoms with van der Waals surface area (Å²) in [5.41, 5.74) is 1.74. The van der Waals surface area contributed by atoms with Crippen LogP contribution >= 0.6 is 0 Å². The van der Waals surface area contributed by atoms with Gasteiger partial charge in [-0.2, -0.15) is 4.31 Å². The van der Waals surface area contributed by atoms with E-state index in [-0.39, 0.29) is 55.1 Å². The second-order valence-electron chi connectivity index (χ2n) is 11.6. The van der Waals surface area contributed by atoms with Crippen LogP contribution in [0, 0.1) is 11.8 Å². The molecule has 2 aromatic rings. The predicted octanol–water partition coefficient (Wildman–Crippen LogP) is 3.29. The quantitative estimate of drug-likeness (QED) is 0.410. The summed E-state index contributed by atoms with van der Waals surface area (Å²) in [4.78, 5) is 13.2. The van der Waals surface area contributed by atoms with Crippen molar-refractivity contribution >= 4 is 16.1 Å². The number of alkyl carbamates (subject to hydrolysis) is 1. The van der Waals surface area contributed by atoms with E-state index in [0.717, 1.165) is 17.5 Å². The Morgan fingerprint density at radius 2 is 1.90 bits per heavy atom. The van der Waals surface area contributed by atoms with Gasteiger partial charge >= 0.3 is 6.09 Å². The van der Waals surface area contributed by atoms with Crippen LogP contribution in [0.2, 0.25) is 0 Å². The SMILES string of the molecule is CC(C)CN(C[C@@H](O)[C@H](Cc1ccccc1)NC(=O)OC1CO[C@H]2OCC[C@@H]12)S(=O)(=O)c1ccc2c(c1)C(C)CO2. The first-order valence-electron chi connectivity index (χ1n) is 14.3. The molecule has 2 aromatic carbocycles. The molecular weight excluding hydrogens is 548 g/mol. The fourth-order valence-corrected chi connectivity index (χ4v) is 7.35. The van der Waals surface area contributed by atoms with Crippen molar-refractivity contribution in [2.45, 2.75) is 69.0 Å². The second-order valence-corrected chi connectivity index (χ2v) is 13.5. The Balaban J connectivity index is 1.34. The number of fused-ring (bicyclic) bond motifs is 2. The third-order valence-corrected chi connectivity index (χ3v) is 9.74. The molecule has 3 aliphatic rings. The molecule has 10 nitrogen and oxygen atoms in total. The monoisotopic (exact) mass is 588 g/mol. The molecule has 2 fully saturated rings. The van der Waals surface area contributed by atoms with E-state index in [4.69, 9.17) is 18.9 Å². The Hall–Kier alpha value is -2.70. The van der Waals surface area contributed by atoms with E-state index in [2.05, 4.69) is 5.32 Å². The molecule has 0 bridgehead atoms. The number of nitrogens with one attached hydrogen (secondary N) is 1. The summed E-state index contributed by atoms with van der Waals surface area (Å²) in [7, 11) is -3.96. The summed E-state index contributed by atoms with van der Waals surface area (Å²) in [6.45, 7) is 7.16. The van der Waals surface area contributed by atoms with Crippen molar-refractivity contribution < 1.29 is 37.3 Å². The smallest absolute Gasteiger partial charge is 0.407 e. The van der Waals surface area contributed by atoms with Crippen LogP contribution in [0.15, 0.2) is 53.4 Å². The Morgan fingerprint density at radius 1 is 1.12 bits per heavy atom. The molecule has 0 saturated carbocycles. The second kappa shape index (κ2) is 12.7.